The van der Waals surface area contributed by atoms with Gasteiger partial charge in [-0.15, -0.1) is 0 Å². The van der Waals surface area contributed by atoms with Crippen molar-refractivity contribution in [3.63, 3.8) is 0 Å². The van der Waals surface area contributed by atoms with Gasteiger partial charge in [0.15, 0.2) is 5.82 Å². The van der Waals surface area contributed by atoms with Crippen molar-refractivity contribution >= 4 is 0 Å². The topological polar surface area (TPSA) is 60.2 Å². The number of aromatic nitrogens is 2. The zero-order chi connectivity index (χ0) is 11.7. The van der Waals surface area contributed by atoms with Gasteiger partial charge in [0, 0.05) is 5.92 Å². The van der Waals surface area contributed by atoms with Crippen molar-refractivity contribution in [2.24, 2.45) is 0 Å². The molecule has 0 saturated carbocycles. The van der Waals surface area contributed by atoms with E-state index in [1.54, 1.807) is 0 Å². The Bertz CT molecular complexity index is 354. The molecule has 3 rings (SSSR count). The quantitative estimate of drug-likeness (QED) is 0.843. The van der Waals surface area contributed by atoms with Crippen LogP contribution >= 0.6 is 0 Å². The van der Waals surface area contributed by atoms with Gasteiger partial charge in [-0.3, -0.25) is 0 Å². The Morgan fingerprint density at radius 2 is 2.06 bits per heavy atom. The van der Waals surface area contributed by atoms with E-state index in [2.05, 4.69) is 22.4 Å². The molecule has 3 heterocycles. The van der Waals surface area contributed by atoms with Crippen LogP contribution in [0, 0.1) is 0 Å². The van der Waals surface area contributed by atoms with Gasteiger partial charge in [0.25, 0.3) is 0 Å². The van der Waals surface area contributed by atoms with Gasteiger partial charge < -0.3 is 14.6 Å². The Kier molecular flexibility index (Phi) is 3.11. The summed E-state index contributed by atoms with van der Waals surface area (Å²) in [5.41, 5.74) is 0. The first-order valence-electron chi connectivity index (χ1n) is 6.48. The molecule has 17 heavy (non-hydrogen) atoms. The predicted octanol–water partition coefficient (Wildman–Crippen LogP) is 1.43. The maximum absolute atomic E-state index is 5.54. The van der Waals surface area contributed by atoms with Crippen molar-refractivity contribution in [2.75, 3.05) is 19.7 Å². The molecule has 0 aliphatic carbocycles. The molecule has 0 aromatic carbocycles. The van der Waals surface area contributed by atoms with Crippen LogP contribution in [0.2, 0.25) is 0 Å². The van der Waals surface area contributed by atoms with Crippen LogP contribution in [0.4, 0.5) is 0 Å². The molecular weight excluding hydrogens is 218 g/mol. The second-order valence-corrected chi connectivity index (χ2v) is 5.09. The highest BCUT2D eigenvalue weighted by atomic mass is 16.5. The van der Waals surface area contributed by atoms with Crippen LogP contribution in [0.5, 0.6) is 0 Å². The molecule has 2 aliphatic heterocycles. The molecule has 5 nitrogen and oxygen atoms in total. The first kappa shape index (κ1) is 11.2. The minimum atomic E-state index is 0.299. The Labute approximate surface area is 101 Å². The molecule has 0 radical (unpaired) electrons. The third-order valence-corrected chi connectivity index (χ3v) is 3.71. The third-order valence-electron chi connectivity index (χ3n) is 3.71. The van der Waals surface area contributed by atoms with Crippen molar-refractivity contribution in [1.29, 1.82) is 0 Å². The zero-order valence-electron chi connectivity index (χ0n) is 10.2. The number of nitrogens with zero attached hydrogens (tertiary/aromatic N) is 2. The summed E-state index contributed by atoms with van der Waals surface area (Å²) in [6.45, 7) is 4.91. The molecule has 0 spiro atoms. The highest BCUT2D eigenvalue weighted by Gasteiger charge is 2.29. The van der Waals surface area contributed by atoms with Crippen LogP contribution in [0.25, 0.3) is 0 Å². The second kappa shape index (κ2) is 4.74. The predicted molar refractivity (Wildman–Crippen MR) is 61.9 cm³/mol. The maximum Gasteiger partial charge on any atom is 0.232 e. The van der Waals surface area contributed by atoms with Crippen LogP contribution in [0.15, 0.2) is 4.52 Å². The zero-order valence-corrected chi connectivity index (χ0v) is 10.2. The Morgan fingerprint density at radius 3 is 2.76 bits per heavy atom. The van der Waals surface area contributed by atoms with E-state index in [-0.39, 0.29) is 0 Å². The van der Waals surface area contributed by atoms with Gasteiger partial charge in [-0.1, -0.05) is 5.16 Å². The molecule has 5 heteroatoms. The summed E-state index contributed by atoms with van der Waals surface area (Å²) in [4.78, 5) is 4.56. The van der Waals surface area contributed by atoms with Gasteiger partial charge >= 0.3 is 0 Å². The summed E-state index contributed by atoms with van der Waals surface area (Å²) in [5, 5.41) is 7.49. The fraction of sp³-hybridized carbons (Fsp3) is 0.833. The van der Waals surface area contributed by atoms with Gasteiger partial charge in [0.2, 0.25) is 5.89 Å². The lowest BCUT2D eigenvalue weighted by Gasteiger charge is -2.19. The van der Waals surface area contributed by atoms with Crippen molar-refractivity contribution < 1.29 is 9.26 Å². The van der Waals surface area contributed by atoms with Gasteiger partial charge in [-0.05, 0) is 39.3 Å². The molecule has 1 aromatic rings. The smallest absolute Gasteiger partial charge is 0.232 e. The first-order chi connectivity index (χ1) is 8.33. The molecule has 0 amide bonds. The SMILES string of the molecule is CC1CC(c2nc(C3CCNCC3)no2)CO1. The Hall–Kier alpha value is -0.940. The van der Waals surface area contributed by atoms with Gasteiger partial charge in [-0.2, -0.15) is 4.98 Å². The molecule has 2 saturated heterocycles. The van der Waals surface area contributed by atoms with E-state index in [0.717, 1.165) is 50.7 Å². The summed E-state index contributed by atoms with van der Waals surface area (Å²) >= 11 is 0. The van der Waals surface area contributed by atoms with Gasteiger partial charge in [-0.25, -0.2) is 0 Å². The summed E-state index contributed by atoms with van der Waals surface area (Å²) in [6, 6.07) is 0. The Balaban J connectivity index is 1.69. The van der Waals surface area contributed by atoms with Gasteiger partial charge in [0.1, 0.15) is 0 Å². The number of rotatable bonds is 2. The first-order valence-corrected chi connectivity index (χ1v) is 6.48. The lowest BCUT2D eigenvalue weighted by molar-refractivity contribution is 0.122. The summed E-state index contributed by atoms with van der Waals surface area (Å²) < 4.78 is 10.9. The van der Waals surface area contributed by atoms with E-state index in [1.165, 1.54) is 0 Å². The van der Waals surface area contributed by atoms with Crippen LogP contribution < -0.4 is 5.32 Å². The van der Waals surface area contributed by atoms with Crippen LogP contribution in [0.1, 0.15) is 49.7 Å². The fourth-order valence-electron chi connectivity index (χ4n) is 2.65. The number of nitrogens with one attached hydrogen (secondary N) is 1. The highest BCUT2D eigenvalue weighted by Crippen LogP contribution is 2.30. The highest BCUT2D eigenvalue weighted by molar-refractivity contribution is 5.02. The number of piperidine rings is 1. The monoisotopic (exact) mass is 237 g/mol. The average Bonchev–Trinajstić information content (AvgIpc) is 2.98. The summed E-state index contributed by atoms with van der Waals surface area (Å²) in [7, 11) is 0. The van der Waals surface area contributed by atoms with E-state index >= 15 is 0 Å². The minimum absolute atomic E-state index is 0.299. The maximum atomic E-state index is 5.54. The average molecular weight is 237 g/mol. The minimum Gasteiger partial charge on any atom is -0.378 e. The van der Waals surface area contributed by atoms with E-state index in [9.17, 15) is 0 Å². The van der Waals surface area contributed by atoms with E-state index in [1.807, 2.05) is 0 Å². The summed E-state index contributed by atoms with van der Waals surface area (Å²) in [5.74, 6) is 2.42. The molecule has 2 fully saturated rings. The molecule has 2 unspecified atom stereocenters. The molecule has 1 N–H and O–H groups in total. The van der Waals surface area contributed by atoms with E-state index in [0.29, 0.717) is 17.9 Å². The second-order valence-electron chi connectivity index (χ2n) is 5.09. The summed E-state index contributed by atoms with van der Waals surface area (Å²) in [6.07, 6.45) is 3.52. The molecule has 94 valence electrons. The van der Waals surface area contributed by atoms with E-state index < -0.39 is 0 Å². The number of hydrogen-bond acceptors (Lipinski definition) is 5. The van der Waals surface area contributed by atoms with Crippen LogP contribution in [-0.4, -0.2) is 35.9 Å². The Morgan fingerprint density at radius 1 is 1.24 bits per heavy atom. The van der Waals surface area contributed by atoms with Crippen molar-refractivity contribution in [2.45, 2.75) is 44.1 Å². The number of ether oxygens (including phenoxy) is 1. The van der Waals surface area contributed by atoms with Crippen molar-refractivity contribution in [1.82, 2.24) is 15.5 Å². The van der Waals surface area contributed by atoms with Crippen molar-refractivity contribution in [3.8, 4) is 0 Å². The standard InChI is InChI=1S/C12H19N3O2/c1-8-6-10(7-16-8)12-14-11(15-17-12)9-2-4-13-5-3-9/h8-10,13H,2-7H2,1H3. The largest absolute Gasteiger partial charge is 0.378 e. The third kappa shape index (κ3) is 2.35. The molecule has 2 aliphatic rings. The molecule has 1 aromatic heterocycles. The van der Waals surface area contributed by atoms with Gasteiger partial charge in [0.05, 0.1) is 18.6 Å². The number of hydrogen-bond donors (Lipinski definition) is 1. The molecule has 2 atom stereocenters. The fourth-order valence-corrected chi connectivity index (χ4v) is 2.65. The van der Waals surface area contributed by atoms with E-state index in [4.69, 9.17) is 9.26 Å². The van der Waals surface area contributed by atoms with Crippen LogP contribution in [-0.2, 0) is 4.74 Å². The normalized spacial score (nSPS) is 30.9. The molecular formula is C12H19N3O2. The van der Waals surface area contributed by atoms with Crippen molar-refractivity contribution in [3.05, 3.63) is 11.7 Å². The lowest BCUT2D eigenvalue weighted by atomic mass is 9.97. The van der Waals surface area contributed by atoms with Crippen LogP contribution in [0.3, 0.4) is 0 Å². The molecule has 0 bridgehead atoms. The lowest BCUT2D eigenvalue weighted by Crippen LogP contribution is -2.27.